The summed E-state index contributed by atoms with van der Waals surface area (Å²) < 4.78 is 9.86. The number of non-ortho nitro benzene ring substituents is 1. The van der Waals surface area contributed by atoms with Crippen molar-refractivity contribution in [1.82, 2.24) is 10.9 Å². The highest BCUT2D eigenvalue weighted by molar-refractivity contribution is 6.31. The molecular formula is C17H14ClN3O7. The minimum absolute atomic E-state index is 0.0310. The van der Waals surface area contributed by atoms with Gasteiger partial charge in [0.25, 0.3) is 17.5 Å². The molecule has 2 amide bonds. The minimum atomic E-state index is -0.848. The quantitative estimate of drug-likeness (QED) is 0.423. The van der Waals surface area contributed by atoms with Crippen molar-refractivity contribution in [2.45, 2.75) is 0 Å². The standard InChI is InChI=1S/C17H14ClN3O7/c1-27-14-6-5-11(18)8-13(14)17(24)28-9-15(22)19-20-16(23)10-3-2-4-12(7-10)21(25)26/h2-8H,9H2,1H3,(H,19,22)(H,20,23). The third kappa shape index (κ3) is 5.42. The number of hydrazine groups is 1. The Balaban J connectivity index is 1.88. The molecule has 0 aliphatic rings. The highest BCUT2D eigenvalue weighted by Gasteiger charge is 2.17. The SMILES string of the molecule is COc1ccc(Cl)cc1C(=O)OCC(=O)NNC(=O)c1cccc([N+](=O)[O-])c1. The molecule has 146 valence electrons. The van der Waals surface area contributed by atoms with Gasteiger partial charge in [-0.1, -0.05) is 17.7 Å². The molecule has 0 aliphatic heterocycles. The number of nitrogens with zero attached hydrogens (tertiary/aromatic N) is 1. The Hall–Kier alpha value is -3.66. The molecule has 2 aromatic rings. The van der Waals surface area contributed by atoms with Gasteiger partial charge in [-0.25, -0.2) is 4.79 Å². The van der Waals surface area contributed by atoms with E-state index in [0.29, 0.717) is 0 Å². The van der Waals surface area contributed by atoms with E-state index in [0.717, 1.165) is 6.07 Å². The van der Waals surface area contributed by atoms with Gasteiger partial charge in [0.1, 0.15) is 11.3 Å². The van der Waals surface area contributed by atoms with E-state index in [4.69, 9.17) is 21.1 Å². The van der Waals surface area contributed by atoms with E-state index < -0.39 is 29.3 Å². The van der Waals surface area contributed by atoms with Crippen LogP contribution < -0.4 is 15.6 Å². The third-order valence-corrected chi connectivity index (χ3v) is 3.59. The van der Waals surface area contributed by atoms with Crippen molar-refractivity contribution >= 4 is 35.1 Å². The number of halogens is 1. The van der Waals surface area contributed by atoms with Crippen LogP contribution in [-0.2, 0) is 9.53 Å². The molecule has 2 aromatic carbocycles. The van der Waals surface area contributed by atoms with Crippen molar-refractivity contribution in [3.8, 4) is 5.75 Å². The minimum Gasteiger partial charge on any atom is -0.496 e. The number of nitrogens with one attached hydrogen (secondary N) is 2. The number of carbonyl (C=O) groups is 3. The Labute approximate surface area is 163 Å². The summed E-state index contributed by atoms with van der Waals surface area (Å²) in [5.41, 5.74) is 3.82. The summed E-state index contributed by atoms with van der Waals surface area (Å²) >= 11 is 5.82. The van der Waals surface area contributed by atoms with Crippen molar-refractivity contribution in [2.75, 3.05) is 13.7 Å². The van der Waals surface area contributed by atoms with E-state index >= 15 is 0 Å². The maximum atomic E-state index is 12.0. The highest BCUT2D eigenvalue weighted by atomic mass is 35.5. The van der Waals surface area contributed by atoms with Crippen LogP contribution >= 0.6 is 11.6 Å². The van der Waals surface area contributed by atoms with E-state index in [-0.39, 0.29) is 27.6 Å². The van der Waals surface area contributed by atoms with Crippen LogP contribution in [0.3, 0.4) is 0 Å². The van der Waals surface area contributed by atoms with E-state index in [2.05, 4.69) is 5.43 Å². The van der Waals surface area contributed by atoms with Crippen LogP contribution in [-0.4, -0.2) is 36.4 Å². The first-order valence-corrected chi connectivity index (χ1v) is 8.04. The summed E-state index contributed by atoms with van der Waals surface area (Å²) in [6, 6.07) is 9.25. The normalized spacial score (nSPS) is 9.93. The number of esters is 1. The van der Waals surface area contributed by atoms with Crippen LogP contribution in [0.2, 0.25) is 5.02 Å². The Kier molecular flexibility index (Phi) is 6.88. The zero-order valence-corrected chi connectivity index (χ0v) is 15.2. The van der Waals surface area contributed by atoms with Gasteiger partial charge in [-0.05, 0) is 24.3 Å². The number of hydrogen-bond donors (Lipinski definition) is 2. The second-order valence-electron chi connectivity index (χ2n) is 5.23. The van der Waals surface area contributed by atoms with Gasteiger partial charge in [-0.2, -0.15) is 0 Å². The molecule has 0 aliphatic carbocycles. The maximum Gasteiger partial charge on any atom is 0.342 e. The Bertz CT molecular complexity index is 933. The van der Waals surface area contributed by atoms with Crippen molar-refractivity contribution in [2.24, 2.45) is 0 Å². The average Bonchev–Trinajstić information content (AvgIpc) is 2.70. The summed E-state index contributed by atoms with van der Waals surface area (Å²) in [5, 5.41) is 11.0. The van der Waals surface area contributed by atoms with Gasteiger partial charge in [0.2, 0.25) is 0 Å². The molecule has 2 N–H and O–H groups in total. The summed E-state index contributed by atoms with van der Waals surface area (Å²) in [5.74, 6) is -2.23. The average molecular weight is 408 g/mol. The molecule has 0 aromatic heterocycles. The maximum absolute atomic E-state index is 12.0. The molecule has 10 nitrogen and oxygen atoms in total. The lowest BCUT2D eigenvalue weighted by Gasteiger charge is -2.10. The predicted octanol–water partition coefficient (Wildman–Crippen LogP) is 1.87. The van der Waals surface area contributed by atoms with Crippen molar-refractivity contribution in [3.63, 3.8) is 0 Å². The lowest BCUT2D eigenvalue weighted by molar-refractivity contribution is -0.384. The van der Waals surface area contributed by atoms with Crippen LogP contribution in [0.1, 0.15) is 20.7 Å². The Morgan fingerprint density at radius 1 is 1.14 bits per heavy atom. The van der Waals surface area contributed by atoms with E-state index in [1.54, 1.807) is 0 Å². The predicted molar refractivity (Wildman–Crippen MR) is 97.0 cm³/mol. The fourth-order valence-corrected chi connectivity index (χ4v) is 2.22. The lowest BCUT2D eigenvalue weighted by atomic mass is 10.2. The molecule has 0 radical (unpaired) electrons. The smallest absolute Gasteiger partial charge is 0.342 e. The molecule has 0 saturated carbocycles. The summed E-state index contributed by atoms with van der Waals surface area (Å²) in [6.45, 7) is -0.691. The molecule has 2 rings (SSSR count). The molecule has 0 spiro atoms. The summed E-state index contributed by atoms with van der Waals surface area (Å²) in [7, 11) is 1.36. The van der Waals surface area contributed by atoms with E-state index in [1.165, 1.54) is 43.5 Å². The molecule has 28 heavy (non-hydrogen) atoms. The number of carbonyl (C=O) groups excluding carboxylic acids is 3. The van der Waals surface area contributed by atoms with Gasteiger partial charge in [0, 0.05) is 22.7 Å². The fraction of sp³-hybridized carbons (Fsp3) is 0.118. The number of nitro benzene ring substituents is 1. The van der Waals surface area contributed by atoms with Gasteiger partial charge in [-0.15, -0.1) is 0 Å². The fourth-order valence-electron chi connectivity index (χ4n) is 2.04. The van der Waals surface area contributed by atoms with E-state index in [9.17, 15) is 24.5 Å². The highest BCUT2D eigenvalue weighted by Crippen LogP contribution is 2.23. The molecular weight excluding hydrogens is 394 g/mol. The second-order valence-corrected chi connectivity index (χ2v) is 5.67. The van der Waals surface area contributed by atoms with Crippen molar-refractivity contribution in [1.29, 1.82) is 0 Å². The summed E-state index contributed by atoms with van der Waals surface area (Å²) in [4.78, 5) is 45.8. The molecule has 0 atom stereocenters. The third-order valence-electron chi connectivity index (χ3n) is 3.35. The van der Waals surface area contributed by atoms with Crippen LogP contribution in [0.4, 0.5) is 5.69 Å². The summed E-state index contributed by atoms with van der Waals surface area (Å²) in [6.07, 6.45) is 0. The van der Waals surface area contributed by atoms with Crippen LogP contribution in [0, 0.1) is 10.1 Å². The number of amides is 2. The number of nitro groups is 1. The van der Waals surface area contributed by atoms with Crippen molar-refractivity contribution in [3.05, 3.63) is 68.7 Å². The number of ether oxygens (including phenoxy) is 2. The number of methoxy groups -OCH3 is 1. The second kappa shape index (κ2) is 9.33. The van der Waals surface area contributed by atoms with Gasteiger partial charge >= 0.3 is 5.97 Å². The molecule has 0 unspecified atom stereocenters. The number of rotatable bonds is 6. The topological polar surface area (TPSA) is 137 Å². The molecule has 0 saturated heterocycles. The molecule has 0 bridgehead atoms. The lowest BCUT2D eigenvalue weighted by Crippen LogP contribution is -2.43. The molecule has 0 fully saturated rings. The number of hydrogen-bond acceptors (Lipinski definition) is 7. The van der Waals surface area contributed by atoms with E-state index in [1.807, 2.05) is 5.43 Å². The van der Waals surface area contributed by atoms with Gasteiger partial charge < -0.3 is 9.47 Å². The van der Waals surface area contributed by atoms with Crippen LogP contribution in [0.5, 0.6) is 5.75 Å². The van der Waals surface area contributed by atoms with Gasteiger partial charge in [-0.3, -0.25) is 30.6 Å². The molecule has 0 heterocycles. The Morgan fingerprint density at radius 3 is 2.57 bits per heavy atom. The number of benzene rings is 2. The first-order valence-electron chi connectivity index (χ1n) is 7.66. The zero-order chi connectivity index (χ0) is 20.7. The zero-order valence-electron chi connectivity index (χ0n) is 14.4. The largest absolute Gasteiger partial charge is 0.496 e. The van der Waals surface area contributed by atoms with Crippen molar-refractivity contribution < 1.29 is 28.8 Å². The van der Waals surface area contributed by atoms with Crippen LogP contribution in [0.15, 0.2) is 42.5 Å². The Morgan fingerprint density at radius 2 is 1.89 bits per heavy atom. The van der Waals surface area contributed by atoms with Gasteiger partial charge in [0.05, 0.1) is 12.0 Å². The molecule has 11 heteroatoms. The first kappa shape index (κ1) is 20.6. The van der Waals surface area contributed by atoms with Crippen LogP contribution in [0.25, 0.3) is 0 Å². The first-order chi connectivity index (χ1) is 13.3. The van der Waals surface area contributed by atoms with Gasteiger partial charge in [0.15, 0.2) is 6.61 Å². The monoisotopic (exact) mass is 407 g/mol.